The smallest absolute Gasteiger partial charge is 0.309 e. The van der Waals surface area contributed by atoms with Crippen molar-refractivity contribution < 1.29 is 9.53 Å². The molecule has 0 radical (unpaired) electrons. The van der Waals surface area contributed by atoms with Crippen molar-refractivity contribution in [1.29, 1.82) is 0 Å². The minimum atomic E-state index is -0.167. The summed E-state index contributed by atoms with van der Waals surface area (Å²) in [5, 5.41) is 0. The topological polar surface area (TPSA) is 56.5 Å². The van der Waals surface area contributed by atoms with Gasteiger partial charge in [-0.25, -0.2) is 9.97 Å². The van der Waals surface area contributed by atoms with Crippen LogP contribution in [-0.2, 0) is 15.3 Å². The molecule has 0 aromatic carbocycles. The number of ether oxygens (including phenoxy) is 1. The lowest BCUT2D eigenvalue weighted by molar-refractivity contribution is -0.143. The third kappa shape index (κ3) is 3.01. The normalized spacial score (nSPS) is 12.6. The van der Waals surface area contributed by atoms with Crippen molar-refractivity contribution >= 4 is 23.5 Å². The van der Waals surface area contributed by atoms with Crippen LogP contribution in [-0.4, -0.2) is 33.2 Å². The van der Waals surface area contributed by atoms with Gasteiger partial charge in [0.2, 0.25) is 5.78 Å². The first-order valence-corrected chi connectivity index (χ1v) is 6.80. The molecule has 2 heterocycles. The zero-order valence-electron chi connectivity index (χ0n) is 10.4. The zero-order valence-corrected chi connectivity index (χ0v) is 11.2. The van der Waals surface area contributed by atoms with Crippen molar-refractivity contribution in [3.8, 4) is 0 Å². The van der Waals surface area contributed by atoms with Crippen LogP contribution in [0.25, 0.3) is 5.78 Å². The standard InChI is InChI=1S/C12H15N3O2S/c1-9(11(16)17-2)7-18-8-10-6-15-5-3-4-13-12(15)14-10/h3-6,9H,7-8H2,1-2H3. The van der Waals surface area contributed by atoms with Gasteiger partial charge in [-0.3, -0.25) is 9.20 Å². The molecule has 0 saturated heterocycles. The molecule has 1 atom stereocenters. The first-order chi connectivity index (χ1) is 8.70. The van der Waals surface area contributed by atoms with E-state index in [1.54, 1.807) is 18.0 Å². The summed E-state index contributed by atoms with van der Waals surface area (Å²) in [4.78, 5) is 19.8. The van der Waals surface area contributed by atoms with Gasteiger partial charge in [-0.1, -0.05) is 6.92 Å². The van der Waals surface area contributed by atoms with Crippen LogP contribution in [0.4, 0.5) is 0 Å². The van der Waals surface area contributed by atoms with Gasteiger partial charge in [0.25, 0.3) is 0 Å². The summed E-state index contributed by atoms with van der Waals surface area (Å²) in [6, 6.07) is 1.87. The number of fused-ring (bicyclic) bond motifs is 1. The first-order valence-electron chi connectivity index (χ1n) is 5.65. The predicted octanol–water partition coefficient (Wildman–Crippen LogP) is 1.77. The van der Waals surface area contributed by atoms with E-state index >= 15 is 0 Å². The van der Waals surface area contributed by atoms with E-state index in [1.165, 1.54) is 7.11 Å². The van der Waals surface area contributed by atoms with E-state index in [0.29, 0.717) is 5.78 Å². The fourth-order valence-electron chi connectivity index (χ4n) is 1.56. The summed E-state index contributed by atoms with van der Waals surface area (Å²) in [7, 11) is 1.41. The SMILES string of the molecule is COC(=O)C(C)CSCc1cn2cccnc2n1. The molecule has 96 valence electrons. The van der Waals surface area contributed by atoms with Gasteiger partial charge in [-0.15, -0.1) is 0 Å². The van der Waals surface area contributed by atoms with Crippen LogP contribution in [0.3, 0.4) is 0 Å². The third-order valence-electron chi connectivity index (χ3n) is 2.51. The summed E-state index contributed by atoms with van der Waals surface area (Å²) in [5.74, 6) is 1.95. The van der Waals surface area contributed by atoms with E-state index < -0.39 is 0 Å². The number of carbonyl (C=O) groups is 1. The monoisotopic (exact) mass is 265 g/mol. The van der Waals surface area contributed by atoms with Crippen LogP contribution in [0, 0.1) is 5.92 Å². The van der Waals surface area contributed by atoms with Crippen molar-refractivity contribution in [3.63, 3.8) is 0 Å². The third-order valence-corrected chi connectivity index (χ3v) is 3.74. The quantitative estimate of drug-likeness (QED) is 0.771. The molecule has 1 unspecified atom stereocenters. The lowest BCUT2D eigenvalue weighted by Gasteiger charge is -2.07. The fourth-order valence-corrected chi connectivity index (χ4v) is 2.51. The summed E-state index contributed by atoms with van der Waals surface area (Å²) in [6.45, 7) is 1.87. The molecule has 0 saturated carbocycles. The van der Waals surface area contributed by atoms with Crippen LogP contribution < -0.4 is 0 Å². The van der Waals surface area contributed by atoms with E-state index in [9.17, 15) is 4.79 Å². The molecule has 18 heavy (non-hydrogen) atoms. The van der Waals surface area contributed by atoms with Crippen molar-refractivity contribution in [2.45, 2.75) is 12.7 Å². The lowest BCUT2D eigenvalue weighted by Crippen LogP contribution is -2.14. The van der Waals surface area contributed by atoms with Gasteiger partial charge >= 0.3 is 5.97 Å². The fraction of sp³-hybridized carbons (Fsp3) is 0.417. The molecule has 6 heteroatoms. The van der Waals surface area contributed by atoms with Crippen molar-refractivity contribution in [2.75, 3.05) is 12.9 Å². The van der Waals surface area contributed by atoms with Gasteiger partial charge in [0.1, 0.15) is 0 Å². The van der Waals surface area contributed by atoms with Crippen LogP contribution in [0.1, 0.15) is 12.6 Å². The average Bonchev–Trinajstić information content (AvgIpc) is 2.80. The van der Waals surface area contributed by atoms with Crippen molar-refractivity contribution in [1.82, 2.24) is 14.4 Å². The molecule has 0 aliphatic rings. The number of thioether (sulfide) groups is 1. The number of nitrogens with zero attached hydrogens (tertiary/aromatic N) is 3. The Kier molecular flexibility index (Phi) is 4.19. The average molecular weight is 265 g/mol. The molecule has 5 nitrogen and oxygen atoms in total. The number of hydrogen-bond donors (Lipinski definition) is 0. The van der Waals surface area contributed by atoms with E-state index in [-0.39, 0.29) is 11.9 Å². The summed E-state index contributed by atoms with van der Waals surface area (Å²) >= 11 is 1.67. The molecule has 0 bridgehead atoms. The Morgan fingerprint density at radius 3 is 3.17 bits per heavy atom. The number of methoxy groups -OCH3 is 1. The molecule has 0 aliphatic carbocycles. The molecule has 2 rings (SSSR count). The van der Waals surface area contributed by atoms with E-state index in [1.807, 2.05) is 29.8 Å². The first kappa shape index (κ1) is 12.9. The van der Waals surface area contributed by atoms with E-state index in [2.05, 4.69) is 14.7 Å². The van der Waals surface area contributed by atoms with Crippen LogP contribution in [0.15, 0.2) is 24.7 Å². The molecule has 2 aromatic heterocycles. The maximum absolute atomic E-state index is 11.2. The summed E-state index contributed by atoms with van der Waals surface area (Å²) in [6.07, 6.45) is 5.59. The van der Waals surface area contributed by atoms with Gasteiger partial charge in [0.05, 0.1) is 18.7 Å². The van der Waals surface area contributed by atoms with Gasteiger partial charge in [-0.2, -0.15) is 11.8 Å². The molecule has 0 N–H and O–H groups in total. The predicted molar refractivity (Wildman–Crippen MR) is 70.3 cm³/mol. The zero-order chi connectivity index (χ0) is 13.0. The minimum Gasteiger partial charge on any atom is -0.469 e. The Morgan fingerprint density at radius 1 is 1.61 bits per heavy atom. The Bertz CT molecular complexity index is 508. The Hall–Kier alpha value is -1.56. The number of esters is 1. The minimum absolute atomic E-state index is 0.0878. The maximum atomic E-state index is 11.2. The Balaban J connectivity index is 1.88. The Morgan fingerprint density at radius 2 is 2.44 bits per heavy atom. The van der Waals surface area contributed by atoms with E-state index in [0.717, 1.165) is 17.2 Å². The summed E-state index contributed by atoms with van der Waals surface area (Å²) < 4.78 is 6.57. The van der Waals surface area contributed by atoms with Gasteiger partial charge in [-0.05, 0) is 6.07 Å². The highest BCUT2D eigenvalue weighted by Gasteiger charge is 2.13. The molecular weight excluding hydrogens is 250 g/mol. The molecule has 0 spiro atoms. The van der Waals surface area contributed by atoms with Crippen molar-refractivity contribution in [3.05, 3.63) is 30.4 Å². The lowest BCUT2D eigenvalue weighted by atomic mass is 10.2. The molecule has 0 aliphatic heterocycles. The van der Waals surface area contributed by atoms with Crippen LogP contribution >= 0.6 is 11.8 Å². The molecular formula is C12H15N3O2S. The second kappa shape index (κ2) is 5.86. The van der Waals surface area contributed by atoms with Gasteiger partial charge < -0.3 is 4.74 Å². The second-order valence-electron chi connectivity index (χ2n) is 4.00. The Labute approximate surface area is 110 Å². The van der Waals surface area contributed by atoms with Crippen LogP contribution in [0.2, 0.25) is 0 Å². The molecule has 0 fully saturated rings. The molecule has 0 amide bonds. The van der Waals surface area contributed by atoms with Gasteiger partial charge in [0.15, 0.2) is 0 Å². The highest BCUT2D eigenvalue weighted by molar-refractivity contribution is 7.98. The second-order valence-corrected chi connectivity index (χ2v) is 5.03. The maximum Gasteiger partial charge on any atom is 0.309 e. The number of rotatable bonds is 5. The number of imidazole rings is 1. The number of carbonyl (C=O) groups excluding carboxylic acids is 1. The van der Waals surface area contributed by atoms with Crippen molar-refractivity contribution in [2.24, 2.45) is 5.92 Å². The van der Waals surface area contributed by atoms with Crippen LogP contribution in [0.5, 0.6) is 0 Å². The summed E-state index contributed by atoms with van der Waals surface area (Å²) in [5.41, 5.74) is 0.968. The number of hydrogen-bond acceptors (Lipinski definition) is 5. The van der Waals surface area contributed by atoms with Gasteiger partial charge in [0, 0.05) is 30.1 Å². The largest absolute Gasteiger partial charge is 0.469 e. The van der Waals surface area contributed by atoms with E-state index in [4.69, 9.17) is 0 Å². The highest BCUT2D eigenvalue weighted by atomic mass is 32.2. The highest BCUT2D eigenvalue weighted by Crippen LogP contribution is 2.15. The number of aromatic nitrogens is 3. The molecule has 2 aromatic rings.